The van der Waals surface area contributed by atoms with Crippen LogP contribution in [0.4, 0.5) is 11.4 Å². The Balaban J connectivity index is 1.53. The van der Waals surface area contributed by atoms with Gasteiger partial charge in [-0.05, 0) is 68.7 Å². The first kappa shape index (κ1) is 21.7. The second-order valence-corrected chi connectivity index (χ2v) is 9.41. The fourth-order valence-corrected chi connectivity index (χ4v) is 4.49. The summed E-state index contributed by atoms with van der Waals surface area (Å²) in [7, 11) is 0. The van der Waals surface area contributed by atoms with Gasteiger partial charge in [0.2, 0.25) is 11.8 Å². The van der Waals surface area contributed by atoms with E-state index in [0.29, 0.717) is 5.02 Å². The van der Waals surface area contributed by atoms with Crippen molar-refractivity contribution in [2.75, 3.05) is 10.6 Å². The summed E-state index contributed by atoms with van der Waals surface area (Å²) < 4.78 is 0. The Bertz CT molecular complexity index is 864. The monoisotopic (exact) mass is 430 g/mol. The molecular weight excluding hydrogens is 404 g/mol. The SMILES string of the molecule is Cc1ccc(Cl)cc1NC(=O)C(C)Sc1ccc(NC(=O)C2CCCCC2)cc1. The van der Waals surface area contributed by atoms with Crippen LogP contribution in [0.1, 0.15) is 44.6 Å². The van der Waals surface area contributed by atoms with Crippen molar-refractivity contribution < 1.29 is 9.59 Å². The van der Waals surface area contributed by atoms with Crippen molar-refractivity contribution in [3.05, 3.63) is 53.1 Å². The predicted molar refractivity (Wildman–Crippen MR) is 122 cm³/mol. The van der Waals surface area contributed by atoms with E-state index in [1.165, 1.54) is 18.2 Å². The van der Waals surface area contributed by atoms with Gasteiger partial charge >= 0.3 is 0 Å². The summed E-state index contributed by atoms with van der Waals surface area (Å²) in [6.45, 7) is 3.81. The number of amides is 2. The summed E-state index contributed by atoms with van der Waals surface area (Å²) in [5.41, 5.74) is 2.50. The van der Waals surface area contributed by atoms with Gasteiger partial charge in [0.1, 0.15) is 0 Å². The van der Waals surface area contributed by atoms with Gasteiger partial charge < -0.3 is 10.6 Å². The minimum Gasteiger partial charge on any atom is -0.326 e. The van der Waals surface area contributed by atoms with Crippen molar-refractivity contribution in [3.63, 3.8) is 0 Å². The lowest BCUT2D eigenvalue weighted by Crippen LogP contribution is -2.24. The van der Waals surface area contributed by atoms with Gasteiger partial charge in [0.25, 0.3) is 0 Å². The van der Waals surface area contributed by atoms with Crippen LogP contribution in [0.3, 0.4) is 0 Å². The molecule has 1 atom stereocenters. The van der Waals surface area contributed by atoms with Crippen molar-refractivity contribution in [1.82, 2.24) is 0 Å². The quantitative estimate of drug-likeness (QED) is 0.529. The number of carbonyl (C=O) groups is 2. The van der Waals surface area contributed by atoms with Gasteiger partial charge in [-0.25, -0.2) is 0 Å². The van der Waals surface area contributed by atoms with Crippen LogP contribution >= 0.6 is 23.4 Å². The third-order valence-electron chi connectivity index (χ3n) is 5.24. The molecular formula is C23H27ClN2O2S. The first-order chi connectivity index (χ1) is 13.9. The molecule has 1 fully saturated rings. The maximum Gasteiger partial charge on any atom is 0.237 e. The third kappa shape index (κ3) is 6.25. The summed E-state index contributed by atoms with van der Waals surface area (Å²) in [6.07, 6.45) is 5.49. The molecule has 0 aromatic heterocycles. The number of thioether (sulfide) groups is 1. The Morgan fingerprint density at radius 1 is 1.03 bits per heavy atom. The Morgan fingerprint density at radius 2 is 1.72 bits per heavy atom. The molecule has 29 heavy (non-hydrogen) atoms. The fraction of sp³-hybridized carbons (Fsp3) is 0.391. The van der Waals surface area contributed by atoms with Gasteiger partial charge in [-0.1, -0.05) is 36.9 Å². The molecule has 2 N–H and O–H groups in total. The number of hydrogen-bond donors (Lipinski definition) is 2. The lowest BCUT2D eigenvalue weighted by molar-refractivity contribution is -0.120. The molecule has 1 unspecified atom stereocenters. The van der Waals surface area contributed by atoms with E-state index in [4.69, 9.17) is 11.6 Å². The second-order valence-electron chi connectivity index (χ2n) is 7.56. The average Bonchev–Trinajstić information content (AvgIpc) is 2.72. The average molecular weight is 431 g/mol. The molecule has 0 saturated heterocycles. The fourth-order valence-electron chi connectivity index (χ4n) is 3.45. The van der Waals surface area contributed by atoms with E-state index in [1.54, 1.807) is 12.1 Å². The zero-order chi connectivity index (χ0) is 20.8. The van der Waals surface area contributed by atoms with Crippen LogP contribution in [-0.2, 0) is 9.59 Å². The van der Waals surface area contributed by atoms with Crippen LogP contribution in [0.2, 0.25) is 5.02 Å². The van der Waals surface area contributed by atoms with Crippen molar-refractivity contribution >= 4 is 46.6 Å². The highest BCUT2D eigenvalue weighted by Crippen LogP contribution is 2.28. The third-order valence-corrected chi connectivity index (χ3v) is 6.58. The number of nitrogens with one attached hydrogen (secondary N) is 2. The highest BCUT2D eigenvalue weighted by Gasteiger charge is 2.21. The molecule has 0 heterocycles. The number of rotatable bonds is 6. The Hall–Kier alpha value is -1.98. The molecule has 2 aromatic rings. The molecule has 2 amide bonds. The second kappa shape index (κ2) is 10.2. The molecule has 4 nitrogen and oxygen atoms in total. The number of aryl methyl sites for hydroxylation is 1. The van der Waals surface area contributed by atoms with Crippen LogP contribution in [0.25, 0.3) is 0 Å². The van der Waals surface area contributed by atoms with E-state index in [1.807, 2.05) is 44.2 Å². The highest BCUT2D eigenvalue weighted by atomic mass is 35.5. The van der Waals surface area contributed by atoms with Gasteiger partial charge in [-0.2, -0.15) is 0 Å². The van der Waals surface area contributed by atoms with Gasteiger partial charge in [-0.15, -0.1) is 11.8 Å². The first-order valence-corrected chi connectivity index (χ1v) is 11.3. The van der Waals surface area contributed by atoms with Crippen LogP contribution in [-0.4, -0.2) is 17.1 Å². The minimum absolute atomic E-state index is 0.0740. The van der Waals surface area contributed by atoms with Gasteiger partial charge in [0.05, 0.1) is 5.25 Å². The molecule has 0 radical (unpaired) electrons. The molecule has 6 heteroatoms. The van der Waals surface area contributed by atoms with Crippen LogP contribution in [0, 0.1) is 12.8 Å². The van der Waals surface area contributed by atoms with Crippen LogP contribution in [0.5, 0.6) is 0 Å². The van der Waals surface area contributed by atoms with Crippen molar-refractivity contribution in [3.8, 4) is 0 Å². The van der Waals surface area contributed by atoms with E-state index in [2.05, 4.69) is 10.6 Å². The van der Waals surface area contributed by atoms with Crippen molar-refractivity contribution in [1.29, 1.82) is 0 Å². The molecule has 154 valence electrons. The number of carbonyl (C=O) groups excluding carboxylic acids is 2. The molecule has 3 rings (SSSR count). The molecule has 1 saturated carbocycles. The van der Waals surface area contributed by atoms with Crippen LogP contribution < -0.4 is 10.6 Å². The maximum atomic E-state index is 12.5. The number of anilines is 2. The van der Waals surface area contributed by atoms with Crippen molar-refractivity contribution in [2.24, 2.45) is 5.92 Å². The number of halogens is 1. The highest BCUT2D eigenvalue weighted by molar-refractivity contribution is 8.00. The van der Waals surface area contributed by atoms with Gasteiger partial charge in [0.15, 0.2) is 0 Å². The zero-order valence-electron chi connectivity index (χ0n) is 16.8. The van der Waals surface area contributed by atoms with Gasteiger partial charge in [0, 0.05) is 27.2 Å². The summed E-state index contributed by atoms with van der Waals surface area (Å²) in [4.78, 5) is 25.9. The lowest BCUT2D eigenvalue weighted by atomic mass is 9.88. The van der Waals surface area contributed by atoms with E-state index in [0.717, 1.165) is 47.5 Å². The summed E-state index contributed by atoms with van der Waals surface area (Å²) in [5.74, 6) is 0.182. The van der Waals surface area contributed by atoms with E-state index >= 15 is 0 Å². The summed E-state index contributed by atoms with van der Waals surface area (Å²) in [5, 5.41) is 6.29. The van der Waals surface area contributed by atoms with Crippen LogP contribution in [0.15, 0.2) is 47.4 Å². The van der Waals surface area contributed by atoms with Gasteiger partial charge in [-0.3, -0.25) is 9.59 Å². The van der Waals surface area contributed by atoms with Crippen molar-refractivity contribution in [2.45, 2.75) is 56.1 Å². The smallest absolute Gasteiger partial charge is 0.237 e. The summed E-state index contributed by atoms with van der Waals surface area (Å²) >= 11 is 7.50. The standard InChI is InChI=1S/C23H27ClN2O2S/c1-15-8-9-18(24)14-21(15)26-22(27)16(2)29-20-12-10-19(11-13-20)25-23(28)17-6-4-3-5-7-17/h8-14,16-17H,3-7H2,1-2H3,(H,25,28)(H,26,27). The normalized spacial score (nSPS) is 15.6. The molecule has 2 aromatic carbocycles. The Kier molecular flexibility index (Phi) is 7.62. The van der Waals surface area contributed by atoms with E-state index < -0.39 is 0 Å². The Morgan fingerprint density at radius 3 is 2.41 bits per heavy atom. The Labute approximate surface area is 181 Å². The molecule has 0 bridgehead atoms. The topological polar surface area (TPSA) is 58.2 Å². The number of benzene rings is 2. The van der Waals surface area contributed by atoms with E-state index in [9.17, 15) is 9.59 Å². The zero-order valence-corrected chi connectivity index (χ0v) is 18.4. The maximum absolute atomic E-state index is 12.5. The van der Waals surface area contributed by atoms with E-state index in [-0.39, 0.29) is 23.0 Å². The molecule has 1 aliphatic carbocycles. The predicted octanol–water partition coefficient (Wildman–Crippen LogP) is 6.29. The number of hydrogen-bond acceptors (Lipinski definition) is 3. The summed E-state index contributed by atoms with van der Waals surface area (Å²) in [6, 6.07) is 13.1. The largest absolute Gasteiger partial charge is 0.326 e. The first-order valence-electron chi connectivity index (χ1n) is 10.1. The minimum atomic E-state index is -0.268. The molecule has 0 aliphatic heterocycles. The molecule has 0 spiro atoms. The lowest BCUT2D eigenvalue weighted by Gasteiger charge is -2.20. The molecule has 1 aliphatic rings.